The molecule has 0 atom stereocenters. The molecule has 0 aliphatic carbocycles. The van der Waals surface area contributed by atoms with Crippen molar-refractivity contribution in [2.24, 2.45) is 0 Å². The van der Waals surface area contributed by atoms with Gasteiger partial charge in [-0.1, -0.05) is 19.1 Å². The summed E-state index contributed by atoms with van der Waals surface area (Å²) in [4.78, 5) is 26.2. The van der Waals surface area contributed by atoms with Crippen LogP contribution in [-0.4, -0.2) is 64.7 Å². The van der Waals surface area contributed by atoms with Gasteiger partial charge in [0.05, 0.1) is 25.4 Å². The van der Waals surface area contributed by atoms with Crippen LogP contribution in [0.3, 0.4) is 0 Å². The average molecular weight is 486 g/mol. The maximum Gasteiger partial charge on any atom is 3.00 e. The molecule has 2 heterocycles. The van der Waals surface area contributed by atoms with E-state index in [1.165, 1.54) is 0 Å². The normalized spacial score (nSPS) is 15.4. The van der Waals surface area contributed by atoms with E-state index in [2.05, 4.69) is 26.5 Å². The van der Waals surface area contributed by atoms with Gasteiger partial charge in [-0.3, -0.25) is 6.58 Å². The number of allylic oxidation sites excluding steroid dienone is 1. The van der Waals surface area contributed by atoms with Crippen LogP contribution in [0.5, 0.6) is 0 Å². The molecule has 0 unspecified atom stereocenters. The Morgan fingerprint density at radius 1 is 1.09 bits per heavy atom. The van der Waals surface area contributed by atoms with E-state index >= 15 is 0 Å². The Hall–Kier alpha value is -2.63. The predicted octanol–water partition coefficient (Wildman–Crippen LogP) is 2.38. The summed E-state index contributed by atoms with van der Waals surface area (Å²) in [5, 5.41) is 5.78. The summed E-state index contributed by atoms with van der Waals surface area (Å²) in [6, 6.07) is 14.9. The van der Waals surface area contributed by atoms with Crippen molar-refractivity contribution in [3.63, 3.8) is 0 Å². The summed E-state index contributed by atoms with van der Waals surface area (Å²) in [5.41, 5.74) is 4.39. The second-order valence-electron chi connectivity index (χ2n) is 7.54. The molecule has 7 nitrogen and oxygen atoms in total. The van der Waals surface area contributed by atoms with Crippen LogP contribution < -0.4 is 20.4 Å². The molecule has 0 bridgehead atoms. The van der Waals surface area contributed by atoms with Crippen LogP contribution in [0.2, 0.25) is 0 Å². The van der Waals surface area contributed by atoms with E-state index in [0.717, 1.165) is 81.2 Å². The molecule has 2 aromatic rings. The largest absolute Gasteiger partial charge is 3.00 e. The van der Waals surface area contributed by atoms with Gasteiger partial charge < -0.3 is 34.8 Å². The number of hydrogen-bond acceptors (Lipinski definition) is 6. The molecule has 0 saturated carbocycles. The maximum absolute atomic E-state index is 11.6. The van der Waals surface area contributed by atoms with Crippen LogP contribution in [-0.2, 0) is 26.9 Å². The summed E-state index contributed by atoms with van der Waals surface area (Å²) in [6.45, 7) is 14.4. The number of aryl methyl sites for hydroxylation is 1. The van der Waals surface area contributed by atoms with Crippen molar-refractivity contribution < 1.29 is 31.7 Å². The van der Waals surface area contributed by atoms with Gasteiger partial charge in [0.25, 0.3) is 0 Å². The van der Waals surface area contributed by atoms with Crippen LogP contribution in [0.4, 0.5) is 17.1 Å². The Bertz CT molecular complexity index is 908. The molecule has 2 saturated heterocycles. The van der Waals surface area contributed by atoms with Gasteiger partial charge in [0.1, 0.15) is 0 Å². The quantitative estimate of drug-likeness (QED) is 0.283. The summed E-state index contributed by atoms with van der Waals surface area (Å²) >= 11 is 0. The predicted molar refractivity (Wildman–Crippen MR) is 127 cm³/mol. The summed E-state index contributed by atoms with van der Waals surface area (Å²) in [7, 11) is 0. The first-order valence-corrected chi connectivity index (χ1v) is 10.8. The standard InChI is InChI=1S/C14H16N2O.C11H13N2O2.Cr/c1-3-14(17)13-10-12(5-4-11(13)2)16-8-6-15-7-9-16;14-9-12-10-1-3-11(4-2-10)13-5-7-15-8-6-13;/h1,3-5,15H,6-9H2,2H3;1-4H,5-8H2,(H,12,14);/q-2;-1;+3. The van der Waals surface area contributed by atoms with Gasteiger partial charge in [0, 0.05) is 45.0 Å². The first-order valence-electron chi connectivity index (χ1n) is 10.8. The number of morpholine rings is 1. The van der Waals surface area contributed by atoms with Gasteiger partial charge in [0.15, 0.2) is 0 Å². The van der Waals surface area contributed by atoms with Gasteiger partial charge in [0.2, 0.25) is 0 Å². The molecule has 2 aliphatic rings. The summed E-state index contributed by atoms with van der Waals surface area (Å²) in [5.74, 6) is -0.167. The third kappa shape index (κ3) is 7.73. The Morgan fingerprint density at radius 3 is 2.36 bits per heavy atom. The minimum atomic E-state index is -0.167. The van der Waals surface area contributed by atoms with Gasteiger partial charge in [-0.15, -0.1) is 47.1 Å². The van der Waals surface area contributed by atoms with Crippen LogP contribution in [0.15, 0.2) is 42.5 Å². The minimum Gasteiger partial charge on any atom is -0.490 e. The van der Waals surface area contributed by atoms with E-state index in [9.17, 15) is 9.59 Å². The molecule has 173 valence electrons. The molecule has 4 rings (SSSR count). The second kappa shape index (κ2) is 13.8. The molecule has 2 N–H and O–H groups in total. The molecule has 8 heteroatoms. The van der Waals surface area contributed by atoms with E-state index in [0.29, 0.717) is 5.56 Å². The van der Waals surface area contributed by atoms with Crippen molar-refractivity contribution in [2.75, 3.05) is 67.6 Å². The Labute approximate surface area is 206 Å². The van der Waals surface area contributed by atoms with Crippen molar-refractivity contribution in [3.05, 3.63) is 66.2 Å². The third-order valence-corrected chi connectivity index (χ3v) is 5.43. The number of anilines is 3. The summed E-state index contributed by atoms with van der Waals surface area (Å²) < 4.78 is 5.28. The van der Waals surface area contributed by atoms with Gasteiger partial charge >= 0.3 is 17.4 Å². The second-order valence-corrected chi connectivity index (χ2v) is 7.54. The van der Waals surface area contributed by atoms with Crippen LogP contribution in [0.1, 0.15) is 15.9 Å². The zero-order valence-corrected chi connectivity index (χ0v) is 20.1. The van der Waals surface area contributed by atoms with Gasteiger partial charge in [-0.2, -0.15) is 6.08 Å². The number of rotatable bonds is 6. The number of carbonyl (C=O) groups excluding carboxylic acids is 2. The van der Waals surface area contributed by atoms with Crippen molar-refractivity contribution in [3.8, 4) is 0 Å². The Kier molecular flexibility index (Phi) is 11.1. The molecular formula is C25H29CrN4O3. The Morgan fingerprint density at radius 2 is 1.76 bits per heavy atom. The maximum atomic E-state index is 11.6. The fourth-order valence-corrected chi connectivity index (χ4v) is 3.62. The molecule has 2 fully saturated rings. The van der Waals surface area contributed by atoms with E-state index in [-0.39, 0.29) is 23.1 Å². The number of nitrogens with zero attached hydrogens (tertiary/aromatic N) is 2. The van der Waals surface area contributed by atoms with Gasteiger partial charge in [-0.25, -0.2) is 0 Å². The van der Waals surface area contributed by atoms with Crippen LogP contribution >= 0.6 is 0 Å². The van der Waals surface area contributed by atoms with Crippen LogP contribution in [0.25, 0.3) is 0 Å². The third-order valence-electron chi connectivity index (χ3n) is 5.43. The smallest absolute Gasteiger partial charge is 0.490 e. The number of ether oxygens (including phenoxy) is 1. The fourth-order valence-electron chi connectivity index (χ4n) is 3.62. The number of piperazine rings is 1. The molecule has 0 aromatic heterocycles. The van der Waals surface area contributed by atoms with Crippen molar-refractivity contribution in [2.45, 2.75) is 6.92 Å². The van der Waals surface area contributed by atoms with Gasteiger partial charge in [-0.05, 0) is 5.69 Å². The zero-order chi connectivity index (χ0) is 22.8. The van der Waals surface area contributed by atoms with E-state index in [1.54, 1.807) is 6.41 Å². The topological polar surface area (TPSA) is 73.9 Å². The molecule has 2 aliphatic heterocycles. The SMILES string of the molecule is O=[C-]Nc1ccc(N2CCOCC2)cc1.[CH-]=CC(=O)c1[c-]c(N2CCNCC2)ccc1C.[Cr+3]. The number of hydrogen-bond donors (Lipinski definition) is 2. The first kappa shape index (κ1) is 26.6. The van der Waals surface area contributed by atoms with E-state index in [4.69, 9.17) is 11.3 Å². The van der Waals surface area contributed by atoms with Crippen molar-refractivity contribution in [1.82, 2.24) is 5.32 Å². The monoisotopic (exact) mass is 485 g/mol. The van der Waals surface area contributed by atoms with Crippen LogP contribution in [0, 0.1) is 19.6 Å². The molecule has 33 heavy (non-hydrogen) atoms. The molecular weight excluding hydrogens is 456 g/mol. The van der Waals surface area contributed by atoms with Crippen molar-refractivity contribution >= 4 is 29.3 Å². The number of carbonyl (C=O) groups is 1. The molecule has 1 amide bonds. The molecule has 1 radical (unpaired) electrons. The number of ketones is 1. The molecule has 0 spiro atoms. The molecule has 2 aromatic carbocycles. The fraction of sp³-hybridized carbons (Fsp3) is 0.360. The number of amides is 1. The summed E-state index contributed by atoms with van der Waals surface area (Å²) in [6.07, 6.45) is 2.75. The van der Waals surface area contributed by atoms with Crippen molar-refractivity contribution in [1.29, 1.82) is 0 Å². The van der Waals surface area contributed by atoms with E-state index < -0.39 is 0 Å². The number of benzene rings is 2. The Balaban J connectivity index is 0.000000228. The number of nitrogens with one attached hydrogen (secondary N) is 2. The average Bonchev–Trinajstić information content (AvgIpc) is 2.86. The zero-order valence-electron chi connectivity index (χ0n) is 18.8. The first-order chi connectivity index (χ1) is 15.6. The van der Waals surface area contributed by atoms with E-state index in [1.807, 2.05) is 43.3 Å². The minimum absolute atomic E-state index is 0.